The maximum atomic E-state index is 12.1. The summed E-state index contributed by atoms with van der Waals surface area (Å²) in [5.74, 6) is 0.0835. The molecule has 2 rings (SSSR count). The fourth-order valence-electron chi connectivity index (χ4n) is 1.95. The summed E-state index contributed by atoms with van der Waals surface area (Å²) in [5.41, 5.74) is 1.06. The van der Waals surface area contributed by atoms with E-state index in [1.807, 2.05) is 39.0 Å². The Hall–Kier alpha value is -2.21. The Labute approximate surface area is 129 Å². The molecule has 0 unspecified atom stereocenters. The Morgan fingerprint density at radius 3 is 2.77 bits per heavy atom. The van der Waals surface area contributed by atoms with E-state index in [4.69, 9.17) is 9.84 Å². The van der Waals surface area contributed by atoms with E-state index < -0.39 is 5.60 Å². The normalized spacial score (nSPS) is 11.5. The first-order chi connectivity index (χ1) is 10.4. The quantitative estimate of drug-likeness (QED) is 0.855. The largest absolute Gasteiger partial charge is 0.456 e. The van der Waals surface area contributed by atoms with Crippen molar-refractivity contribution in [2.24, 2.45) is 0 Å². The van der Waals surface area contributed by atoms with Crippen molar-refractivity contribution < 1.29 is 14.6 Å². The average molecular weight is 303 g/mol. The number of carbonyl (C=O) groups excluding carboxylic acids is 1. The van der Waals surface area contributed by atoms with Crippen molar-refractivity contribution in [2.75, 3.05) is 0 Å². The van der Waals surface area contributed by atoms with Crippen molar-refractivity contribution in [1.29, 1.82) is 0 Å². The van der Waals surface area contributed by atoms with E-state index in [2.05, 4.69) is 10.1 Å². The highest BCUT2D eigenvalue weighted by atomic mass is 16.6. The number of aliphatic hydroxyl groups is 1. The Kier molecular flexibility index (Phi) is 4.92. The molecule has 0 radical (unpaired) electrons. The minimum absolute atomic E-state index is 0.166. The number of aromatic nitrogens is 3. The molecule has 1 N–H and O–H groups in total. The molecule has 1 heterocycles. The molecule has 0 spiro atoms. The highest BCUT2D eigenvalue weighted by molar-refractivity contribution is 5.89. The van der Waals surface area contributed by atoms with Crippen LogP contribution < -0.4 is 0 Å². The Morgan fingerprint density at radius 1 is 1.36 bits per heavy atom. The summed E-state index contributed by atoms with van der Waals surface area (Å²) >= 11 is 0. The van der Waals surface area contributed by atoms with Crippen LogP contribution >= 0.6 is 0 Å². The monoisotopic (exact) mass is 303 g/mol. The van der Waals surface area contributed by atoms with Gasteiger partial charge in [0.15, 0.2) is 5.82 Å². The van der Waals surface area contributed by atoms with Gasteiger partial charge in [-0.2, -0.15) is 5.10 Å². The maximum absolute atomic E-state index is 12.1. The van der Waals surface area contributed by atoms with Gasteiger partial charge in [0.05, 0.1) is 5.56 Å². The third kappa shape index (κ3) is 4.66. The second kappa shape index (κ2) is 6.70. The smallest absolute Gasteiger partial charge is 0.338 e. The second-order valence-corrected chi connectivity index (χ2v) is 6.03. The lowest BCUT2D eigenvalue weighted by atomic mass is 10.1. The fraction of sp³-hybridized carbons (Fsp3) is 0.438. The summed E-state index contributed by atoms with van der Waals surface area (Å²) in [5, 5.41) is 13.1. The summed E-state index contributed by atoms with van der Waals surface area (Å²) in [4.78, 5) is 16.0. The summed E-state index contributed by atoms with van der Waals surface area (Å²) < 4.78 is 7.04. The number of esters is 1. The summed E-state index contributed by atoms with van der Waals surface area (Å²) in [7, 11) is 0. The topological polar surface area (TPSA) is 77.2 Å². The number of hydrogen-bond acceptors (Lipinski definition) is 5. The molecule has 0 bridgehead atoms. The zero-order valence-electron chi connectivity index (χ0n) is 13.1. The van der Waals surface area contributed by atoms with Gasteiger partial charge in [0.25, 0.3) is 0 Å². The van der Waals surface area contributed by atoms with Crippen LogP contribution in [0.1, 0.15) is 42.5 Å². The average Bonchev–Trinajstić information content (AvgIpc) is 2.92. The summed E-state index contributed by atoms with van der Waals surface area (Å²) in [6.45, 7) is 6.00. The summed E-state index contributed by atoms with van der Waals surface area (Å²) in [6, 6.07) is 7.38. The molecule has 0 atom stereocenters. The fourth-order valence-corrected chi connectivity index (χ4v) is 1.95. The lowest BCUT2D eigenvalue weighted by Crippen LogP contribution is -2.23. The van der Waals surface area contributed by atoms with E-state index in [1.165, 1.54) is 0 Å². The van der Waals surface area contributed by atoms with Crippen molar-refractivity contribution >= 4 is 5.97 Å². The third-order valence-electron chi connectivity index (χ3n) is 2.92. The molecule has 2 aromatic rings. The molecular weight excluding hydrogens is 282 g/mol. The SMILES string of the molecule is CC(C)(C)OC(=O)c1cccc(CCn2cnc(CO)n2)c1. The van der Waals surface area contributed by atoms with Gasteiger partial charge in [-0.05, 0) is 44.9 Å². The van der Waals surface area contributed by atoms with Crippen LogP contribution in [0.4, 0.5) is 0 Å². The molecule has 0 aliphatic heterocycles. The van der Waals surface area contributed by atoms with Crippen LogP contribution in [0.15, 0.2) is 30.6 Å². The van der Waals surface area contributed by atoms with E-state index in [-0.39, 0.29) is 12.6 Å². The van der Waals surface area contributed by atoms with Gasteiger partial charge in [0.1, 0.15) is 18.5 Å². The molecule has 1 aromatic carbocycles. The third-order valence-corrected chi connectivity index (χ3v) is 2.92. The van der Waals surface area contributed by atoms with Crippen molar-refractivity contribution in [3.63, 3.8) is 0 Å². The number of rotatable bonds is 5. The van der Waals surface area contributed by atoms with Crippen LogP contribution in [0, 0.1) is 0 Å². The van der Waals surface area contributed by atoms with E-state index in [1.54, 1.807) is 17.1 Å². The van der Waals surface area contributed by atoms with Crippen molar-refractivity contribution in [3.05, 3.63) is 47.5 Å². The van der Waals surface area contributed by atoms with Crippen LogP contribution in [-0.4, -0.2) is 31.4 Å². The number of aliphatic hydroxyl groups excluding tert-OH is 1. The standard InChI is InChI=1S/C16H21N3O3/c1-16(2,3)22-15(21)13-6-4-5-12(9-13)7-8-19-11-17-14(10-20)18-19/h4-6,9,11,20H,7-8,10H2,1-3H3. The zero-order valence-corrected chi connectivity index (χ0v) is 13.1. The molecule has 118 valence electrons. The molecular formula is C16H21N3O3. The van der Waals surface area contributed by atoms with E-state index >= 15 is 0 Å². The molecule has 0 saturated heterocycles. The van der Waals surface area contributed by atoms with Crippen LogP contribution in [-0.2, 0) is 24.3 Å². The maximum Gasteiger partial charge on any atom is 0.338 e. The van der Waals surface area contributed by atoms with Crippen molar-refractivity contribution in [3.8, 4) is 0 Å². The number of hydrogen-bond donors (Lipinski definition) is 1. The van der Waals surface area contributed by atoms with Crippen molar-refractivity contribution in [2.45, 2.75) is 45.9 Å². The minimum atomic E-state index is -0.505. The van der Waals surface area contributed by atoms with Crippen LogP contribution in [0.25, 0.3) is 0 Å². The first-order valence-electron chi connectivity index (χ1n) is 7.19. The zero-order chi connectivity index (χ0) is 16.2. The van der Waals surface area contributed by atoms with Gasteiger partial charge >= 0.3 is 5.97 Å². The van der Waals surface area contributed by atoms with Crippen LogP contribution in [0.3, 0.4) is 0 Å². The molecule has 0 aliphatic rings. The van der Waals surface area contributed by atoms with Gasteiger partial charge in [-0.15, -0.1) is 0 Å². The highest BCUT2D eigenvalue weighted by Gasteiger charge is 2.17. The van der Waals surface area contributed by atoms with E-state index in [0.717, 1.165) is 5.56 Å². The number of aryl methyl sites for hydroxylation is 2. The molecule has 0 aliphatic carbocycles. The van der Waals surface area contributed by atoms with E-state index in [0.29, 0.717) is 24.4 Å². The molecule has 6 heteroatoms. The molecule has 0 fully saturated rings. The molecule has 6 nitrogen and oxygen atoms in total. The molecule has 0 amide bonds. The van der Waals surface area contributed by atoms with Gasteiger partial charge in [0, 0.05) is 6.54 Å². The Bertz CT molecular complexity index is 644. The van der Waals surface area contributed by atoms with Crippen LogP contribution in [0.5, 0.6) is 0 Å². The van der Waals surface area contributed by atoms with Gasteiger partial charge in [-0.1, -0.05) is 12.1 Å². The minimum Gasteiger partial charge on any atom is -0.456 e. The number of ether oxygens (including phenoxy) is 1. The second-order valence-electron chi connectivity index (χ2n) is 6.03. The highest BCUT2D eigenvalue weighted by Crippen LogP contribution is 2.14. The lowest BCUT2D eigenvalue weighted by molar-refractivity contribution is 0.00694. The van der Waals surface area contributed by atoms with Crippen molar-refractivity contribution in [1.82, 2.24) is 14.8 Å². The predicted octanol–water partition coefficient (Wildman–Crippen LogP) is 1.97. The Balaban J connectivity index is 2.00. The first kappa shape index (κ1) is 16.2. The van der Waals surface area contributed by atoms with Gasteiger partial charge in [-0.3, -0.25) is 4.68 Å². The number of nitrogens with zero attached hydrogens (tertiary/aromatic N) is 3. The predicted molar refractivity (Wildman–Crippen MR) is 81.3 cm³/mol. The first-order valence-corrected chi connectivity index (χ1v) is 7.19. The molecule has 0 saturated carbocycles. The van der Waals surface area contributed by atoms with Gasteiger partial charge < -0.3 is 9.84 Å². The van der Waals surface area contributed by atoms with Gasteiger partial charge in [0.2, 0.25) is 0 Å². The lowest BCUT2D eigenvalue weighted by Gasteiger charge is -2.19. The van der Waals surface area contributed by atoms with E-state index in [9.17, 15) is 4.79 Å². The van der Waals surface area contributed by atoms with Crippen LogP contribution in [0.2, 0.25) is 0 Å². The van der Waals surface area contributed by atoms with Gasteiger partial charge in [-0.25, -0.2) is 9.78 Å². The summed E-state index contributed by atoms with van der Waals surface area (Å²) in [6.07, 6.45) is 2.30. The Morgan fingerprint density at radius 2 is 2.14 bits per heavy atom. The molecule has 1 aromatic heterocycles. The number of benzene rings is 1. The molecule has 22 heavy (non-hydrogen) atoms. The number of carbonyl (C=O) groups is 1.